The second kappa shape index (κ2) is 11.2. The summed E-state index contributed by atoms with van der Waals surface area (Å²) in [5, 5.41) is 3.49. The molecule has 172 valence electrons. The molecule has 0 aliphatic carbocycles. The summed E-state index contributed by atoms with van der Waals surface area (Å²) in [5.74, 6) is 1.27. The summed E-state index contributed by atoms with van der Waals surface area (Å²) >= 11 is 8.18. The van der Waals surface area contributed by atoms with Crippen LogP contribution in [-0.4, -0.2) is 11.7 Å². The van der Waals surface area contributed by atoms with Crippen LogP contribution in [0.25, 0.3) is 11.1 Å². The maximum Gasteiger partial charge on any atom is 0.228 e. The highest BCUT2D eigenvalue weighted by atomic mass is 35.5. The smallest absolute Gasteiger partial charge is 0.228 e. The van der Waals surface area contributed by atoms with Gasteiger partial charge in [0.25, 0.3) is 0 Å². The van der Waals surface area contributed by atoms with Crippen LogP contribution in [0.5, 0.6) is 11.5 Å². The predicted octanol–water partition coefficient (Wildman–Crippen LogP) is 8.23. The maximum atomic E-state index is 13.7. The Morgan fingerprint density at radius 3 is 2.47 bits per heavy atom. The Bertz CT molecular complexity index is 1290. The van der Waals surface area contributed by atoms with Gasteiger partial charge in [0.2, 0.25) is 5.91 Å². The van der Waals surface area contributed by atoms with Crippen LogP contribution in [0.15, 0.2) is 95.9 Å². The lowest BCUT2D eigenvalue weighted by molar-refractivity contribution is -0.115. The zero-order valence-electron chi connectivity index (χ0n) is 18.6. The zero-order valence-corrected chi connectivity index (χ0v) is 20.1. The van der Waals surface area contributed by atoms with Crippen molar-refractivity contribution in [1.29, 1.82) is 0 Å². The van der Waals surface area contributed by atoms with Gasteiger partial charge in [0.05, 0.1) is 6.42 Å². The normalized spacial score (nSPS) is 10.7. The van der Waals surface area contributed by atoms with E-state index < -0.39 is 5.82 Å². The van der Waals surface area contributed by atoms with E-state index in [2.05, 4.69) is 12.2 Å². The Morgan fingerprint density at radius 2 is 1.74 bits per heavy atom. The first kappa shape index (κ1) is 23.9. The highest BCUT2D eigenvalue weighted by Gasteiger charge is 2.14. The summed E-state index contributed by atoms with van der Waals surface area (Å²) in [6, 6.07) is 26.7. The van der Waals surface area contributed by atoms with E-state index in [1.165, 1.54) is 17.0 Å². The summed E-state index contributed by atoms with van der Waals surface area (Å²) in [7, 11) is 0. The molecule has 34 heavy (non-hydrogen) atoms. The minimum Gasteiger partial charge on any atom is -0.457 e. The van der Waals surface area contributed by atoms with Gasteiger partial charge in [-0.25, -0.2) is 4.39 Å². The largest absolute Gasteiger partial charge is 0.457 e. The third-order valence-corrected chi connectivity index (χ3v) is 6.28. The van der Waals surface area contributed by atoms with Crippen LogP contribution in [-0.2, 0) is 11.2 Å². The first-order chi connectivity index (χ1) is 16.5. The molecular formula is C28H23ClFNO2S. The lowest BCUT2D eigenvalue weighted by atomic mass is 10.0. The van der Waals surface area contributed by atoms with E-state index in [0.29, 0.717) is 22.2 Å². The van der Waals surface area contributed by atoms with Gasteiger partial charge in [-0.3, -0.25) is 4.79 Å². The van der Waals surface area contributed by atoms with Gasteiger partial charge in [-0.1, -0.05) is 54.9 Å². The van der Waals surface area contributed by atoms with Gasteiger partial charge in [0, 0.05) is 38.9 Å². The second-order valence-electron chi connectivity index (χ2n) is 7.55. The number of anilines is 1. The van der Waals surface area contributed by atoms with Crippen molar-refractivity contribution in [2.24, 2.45) is 0 Å². The molecule has 4 aromatic carbocycles. The van der Waals surface area contributed by atoms with Gasteiger partial charge >= 0.3 is 0 Å². The van der Waals surface area contributed by atoms with Gasteiger partial charge in [0.15, 0.2) is 0 Å². The number of rotatable bonds is 8. The molecular weight excluding hydrogens is 469 g/mol. The topological polar surface area (TPSA) is 38.3 Å². The summed E-state index contributed by atoms with van der Waals surface area (Å²) < 4.78 is 19.7. The number of thioether (sulfide) groups is 1. The molecule has 4 aromatic rings. The van der Waals surface area contributed by atoms with E-state index in [4.69, 9.17) is 16.3 Å². The van der Waals surface area contributed by atoms with Crippen molar-refractivity contribution in [2.75, 3.05) is 11.1 Å². The number of halogens is 2. The summed E-state index contributed by atoms with van der Waals surface area (Å²) in [6.45, 7) is 2.11. The Hall–Kier alpha value is -3.28. The highest BCUT2D eigenvalue weighted by Crippen LogP contribution is 2.39. The summed E-state index contributed by atoms with van der Waals surface area (Å²) in [4.78, 5) is 13.9. The predicted molar refractivity (Wildman–Crippen MR) is 139 cm³/mol. The Morgan fingerprint density at radius 1 is 0.941 bits per heavy atom. The van der Waals surface area contributed by atoms with Gasteiger partial charge in [-0.05, 0) is 53.8 Å². The average molecular weight is 492 g/mol. The fourth-order valence-corrected chi connectivity index (χ4v) is 4.40. The third kappa shape index (κ3) is 6.19. The molecule has 0 heterocycles. The monoisotopic (exact) mass is 491 g/mol. The summed E-state index contributed by atoms with van der Waals surface area (Å²) in [6.07, 6.45) is 0.253. The van der Waals surface area contributed by atoms with Crippen molar-refractivity contribution in [1.82, 2.24) is 0 Å². The second-order valence-corrected chi connectivity index (χ2v) is 9.30. The number of amides is 1. The van der Waals surface area contributed by atoms with Crippen LogP contribution in [0.2, 0.25) is 5.02 Å². The van der Waals surface area contributed by atoms with Crippen LogP contribution in [0.4, 0.5) is 10.1 Å². The van der Waals surface area contributed by atoms with Crippen LogP contribution in [0.3, 0.4) is 0 Å². The minimum absolute atomic E-state index is 0.141. The SMILES string of the molecule is CCSc1ccc(CC(=O)Nc2ccc(-c3ccccc3Cl)c(Oc3cccc(F)c3)c2)cc1. The Kier molecular flexibility index (Phi) is 7.88. The van der Waals surface area contributed by atoms with E-state index in [1.807, 2.05) is 48.5 Å². The lowest BCUT2D eigenvalue weighted by Crippen LogP contribution is -2.14. The van der Waals surface area contributed by atoms with Crippen molar-refractivity contribution < 1.29 is 13.9 Å². The molecule has 3 nitrogen and oxygen atoms in total. The molecule has 0 radical (unpaired) electrons. The molecule has 0 unspecified atom stereocenters. The van der Waals surface area contributed by atoms with Crippen molar-refractivity contribution in [3.8, 4) is 22.6 Å². The Labute approximate surface area is 207 Å². The molecule has 0 saturated carbocycles. The quantitative estimate of drug-likeness (QED) is 0.252. The average Bonchev–Trinajstić information content (AvgIpc) is 2.81. The highest BCUT2D eigenvalue weighted by molar-refractivity contribution is 7.99. The number of nitrogens with one attached hydrogen (secondary N) is 1. The number of hydrogen-bond acceptors (Lipinski definition) is 3. The standard InChI is InChI=1S/C28H23ClFNO2S/c1-2-34-23-13-10-19(11-14-23)16-28(32)31-21-12-15-25(24-8-3-4-9-26(24)29)27(18-21)33-22-7-5-6-20(30)17-22/h3-15,17-18H,2,16H2,1H3,(H,31,32). The molecule has 1 N–H and O–H groups in total. The lowest BCUT2D eigenvalue weighted by Gasteiger charge is -2.15. The van der Waals surface area contributed by atoms with Crippen molar-refractivity contribution in [3.05, 3.63) is 107 Å². The number of benzene rings is 4. The molecule has 0 saturated heterocycles. The number of carbonyl (C=O) groups excluding carboxylic acids is 1. The first-order valence-electron chi connectivity index (χ1n) is 10.9. The van der Waals surface area contributed by atoms with E-state index in [9.17, 15) is 9.18 Å². The minimum atomic E-state index is -0.399. The molecule has 0 aliphatic rings. The molecule has 0 aromatic heterocycles. The first-order valence-corrected chi connectivity index (χ1v) is 12.2. The molecule has 6 heteroatoms. The van der Waals surface area contributed by atoms with E-state index >= 15 is 0 Å². The van der Waals surface area contributed by atoms with Crippen molar-refractivity contribution in [2.45, 2.75) is 18.2 Å². The number of carbonyl (C=O) groups is 1. The molecule has 4 rings (SSSR count). The molecule has 0 spiro atoms. The summed E-state index contributed by atoms with van der Waals surface area (Å²) in [5.41, 5.74) is 3.02. The van der Waals surface area contributed by atoms with Crippen LogP contribution >= 0.6 is 23.4 Å². The zero-order chi connectivity index (χ0) is 23.9. The number of ether oxygens (including phenoxy) is 1. The maximum absolute atomic E-state index is 13.7. The fourth-order valence-electron chi connectivity index (χ4n) is 3.50. The van der Waals surface area contributed by atoms with Crippen LogP contribution in [0.1, 0.15) is 12.5 Å². The van der Waals surface area contributed by atoms with Crippen LogP contribution < -0.4 is 10.1 Å². The molecule has 0 bridgehead atoms. The van der Waals surface area contributed by atoms with Gasteiger partial charge in [0.1, 0.15) is 17.3 Å². The molecule has 0 fully saturated rings. The van der Waals surface area contributed by atoms with Crippen LogP contribution in [0, 0.1) is 5.82 Å². The Balaban J connectivity index is 1.58. The van der Waals surface area contributed by atoms with Gasteiger partial charge in [-0.2, -0.15) is 0 Å². The van der Waals surface area contributed by atoms with E-state index in [1.54, 1.807) is 42.1 Å². The fraction of sp³-hybridized carbons (Fsp3) is 0.107. The van der Waals surface area contributed by atoms with Crippen molar-refractivity contribution >= 4 is 35.0 Å². The molecule has 1 amide bonds. The molecule has 0 aliphatic heterocycles. The van der Waals surface area contributed by atoms with E-state index in [-0.39, 0.29) is 12.3 Å². The third-order valence-electron chi connectivity index (χ3n) is 5.05. The van der Waals surface area contributed by atoms with Gasteiger partial charge < -0.3 is 10.1 Å². The van der Waals surface area contributed by atoms with Gasteiger partial charge in [-0.15, -0.1) is 11.8 Å². The van der Waals surface area contributed by atoms with E-state index in [0.717, 1.165) is 22.4 Å². The number of hydrogen-bond donors (Lipinski definition) is 1. The molecule has 0 atom stereocenters. The van der Waals surface area contributed by atoms with Crippen molar-refractivity contribution in [3.63, 3.8) is 0 Å².